The topological polar surface area (TPSA) is 74.6 Å². The van der Waals surface area contributed by atoms with Gasteiger partial charge in [0.2, 0.25) is 0 Å². The van der Waals surface area contributed by atoms with Crippen LogP contribution in [0.15, 0.2) is 17.4 Å². The summed E-state index contributed by atoms with van der Waals surface area (Å²) in [7, 11) is 0. The Morgan fingerprint density at radius 3 is 2.80 bits per heavy atom. The molecule has 1 heterocycles. The average molecular weight is 228 g/mol. The molecule has 0 aromatic carbocycles. The molecule has 5 nitrogen and oxygen atoms in total. The molecule has 1 aromatic heterocycles. The highest BCUT2D eigenvalue weighted by Gasteiger charge is 2.10. The van der Waals surface area contributed by atoms with Crippen LogP contribution in [0.2, 0.25) is 5.15 Å². The van der Waals surface area contributed by atoms with Crippen molar-refractivity contribution in [1.82, 2.24) is 4.98 Å². The number of hydrogen-bond donors (Lipinski definition) is 2. The van der Waals surface area contributed by atoms with E-state index >= 15 is 0 Å². The Balaban J connectivity index is 3.07. The molecule has 0 saturated carbocycles. The molecule has 0 saturated heterocycles. The fourth-order valence-corrected chi connectivity index (χ4v) is 1.02. The highest BCUT2D eigenvalue weighted by Crippen LogP contribution is 2.18. The van der Waals surface area contributed by atoms with Crippen molar-refractivity contribution >= 4 is 29.0 Å². The number of hydrogen-bond acceptors (Lipinski definition) is 4. The van der Waals surface area contributed by atoms with Gasteiger partial charge in [-0.3, -0.25) is 5.43 Å². The van der Waals surface area contributed by atoms with E-state index in [-0.39, 0.29) is 10.7 Å². The molecule has 0 radical (unpaired) electrons. The van der Waals surface area contributed by atoms with Gasteiger partial charge in [-0.05, 0) is 13.8 Å². The number of carbonyl (C=O) groups is 1. The third-order valence-corrected chi connectivity index (χ3v) is 1.71. The van der Waals surface area contributed by atoms with Crippen LogP contribution in [0.25, 0.3) is 0 Å². The van der Waals surface area contributed by atoms with Gasteiger partial charge < -0.3 is 5.11 Å². The van der Waals surface area contributed by atoms with Crippen LogP contribution in [0.4, 0.5) is 5.69 Å². The van der Waals surface area contributed by atoms with Crippen molar-refractivity contribution in [1.29, 1.82) is 0 Å². The number of carboxylic acid groups (broad SMARTS) is 1. The first-order valence-corrected chi connectivity index (χ1v) is 4.54. The third-order valence-electron chi connectivity index (χ3n) is 1.50. The summed E-state index contributed by atoms with van der Waals surface area (Å²) in [5, 5.41) is 13.0. The highest BCUT2D eigenvalue weighted by molar-refractivity contribution is 6.29. The molecule has 0 atom stereocenters. The number of anilines is 1. The predicted octanol–water partition coefficient (Wildman–Crippen LogP) is 2.24. The summed E-state index contributed by atoms with van der Waals surface area (Å²) in [6.07, 6.45) is 1.19. The summed E-state index contributed by atoms with van der Waals surface area (Å²) < 4.78 is 0. The molecule has 80 valence electrons. The predicted molar refractivity (Wildman–Crippen MR) is 58.6 cm³/mol. The average Bonchev–Trinajstić information content (AvgIpc) is 2.14. The maximum absolute atomic E-state index is 10.8. The Morgan fingerprint density at radius 1 is 1.60 bits per heavy atom. The highest BCUT2D eigenvalue weighted by atomic mass is 35.5. The summed E-state index contributed by atoms with van der Waals surface area (Å²) in [4.78, 5) is 14.5. The first-order chi connectivity index (χ1) is 7.00. The van der Waals surface area contributed by atoms with Crippen LogP contribution < -0.4 is 5.43 Å². The van der Waals surface area contributed by atoms with E-state index in [0.717, 1.165) is 5.71 Å². The SMILES string of the molecule is CC(C)=NNc1cc(Cl)ncc1C(=O)O. The van der Waals surface area contributed by atoms with E-state index in [4.69, 9.17) is 16.7 Å². The quantitative estimate of drug-likeness (QED) is 0.472. The van der Waals surface area contributed by atoms with E-state index < -0.39 is 5.97 Å². The fraction of sp³-hybridized carbons (Fsp3) is 0.222. The number of carboxylic acids is 1. The maximum atomic E-state index is 10.8. The minimum absolute atomic E-state index is 0.0319. The molecule has 0 aliphatic rings. The van der Waals surface area contributed by atoms with Crippen LogP contribution in [0.5, 0.6) is 0 Å². The lowest BCUT2D eigenvalue weighted by Crippen LogP contribution is -2.04. The smallest absolute Gasteiger partial charge is 0.339 e. The van der Waals surface area contributed by atoms with Crippen LogP contribution in [0.1, 0.15) is 24.2 Å². The number of aromatic nitrogens is 1. The van der Waals surface area contributed by atoms with Crippen molar-refractivity contribution in [2.75, 3.05) is 5.43 Å². The normalized spacial score (nSPS) is 9.53. The van der Waals surface area contributed by atoms with E-state index in [9.17, 15) is 4.79 Å². The summed E-state index contributed by atoms with van der Waals surface area (Å²) in [5.74, 6) is -1.08. The van der Waals surface area contributed by atoms with Crippen LogP contribution >= 0.6 is 11.6 Å². The molecule has 1 aromatic rings. The van der Waals surface area contributed by atoms with Gasteiger partial charge in [-0.15, -0.1) is 0 Å². The minimum Gasteiger partial charge on any atom is -0.478 e. The number of nitrogens with zero attached hydrogens (tertiary/aromatic N) is 2. The Labute approximate surface area is 91.8 Å². The zero-order valence-corrected chi connectivity index (χ0v) is 9.04. The molecule has 0 spiro atoms. The standard InChI is InChI=1S/C9H10ClN3O2/c1-5(2)12-13-7-3-8(10)11-4-6(7)9(14)15/h3-4H,1-2H3,(H,11,13)(H,14,15). The van der Waals surface area contributed by atoms with E-state index in [1.807, 2.05) is 0 Å². The van der Waals surface area contributed by atoms with Gasteiger partial charge in [0.1, 0.15) is 10.7 Å². The fourth-order valence-electron chi connectivity index (χ4n) is 0.865. The lowest BCUT2D eigenvalue weighted by molar-refractivity contribution is 0.0697. The number of rotatable bonds is 3. The Hall–Kier alpha value is -1.62. The van der Waals surface area contributed by atoms with Gasteiger partial charge >= 0.3 is 5.97 Å². The van der Waals surface area contributed by atoms with Gasteiger partial charge in [0.15, 0.2) is 0 Å². The second-order valence-corrected chi connectivity index (χ2v) is 3.42. The van der Waals surface area contributed by atoms with Gasteiger partial charge in [-0.1, -0.05) is 11.6 Å². The first kappa shape index (κ1) is 11.5. The first-order valence-electron chi connectivity index (χ1n) is 4.16. The second kappa shape index (κ2) is 4.75. The Bertz CT molecular complexity index is 414. The lowest BCUT2D eigenvalue weighted by Gasteiger charge is -2.05. The van der Waals surface area contributed by atoms with E-state index in [0.29, 0.717) is 5.69 Å². The van der Waals surface area contributed by atoms with Crippen LogP contribution in [-0.4, -0.2) is 21.8 Å². The van der Waals surface area contributed by atoms with Crippen LogP contribution in [-0.2, 0) is 0 Å². The van der Waals surface area contributed by atoms with Crippen molar-refractivity contribution in [3.8, 4) is 0 Å². The third kappa shape index (κ3) is 3.21. The van der Waals surface area contributed by atoms with Gasteiger partial charge in [-0.2, -0.15) is 5.10 Å². The lowest BCUT2D eigenvalue weighted by atomic mass is 10.2. The summed E-state index contributed by atoms with van der Waals surface area (Å²) in [6.45, 7) is 3.58. The largest absolute Gasteiger partial charge is 0.478 e. The number of nitrogens with one attached hydrogen (secondary N) is 1. The van der Waals surface area contributed by atoms with Gasteiger partial charge in [0, 0.05) is 18.0 Å². The molecule has 1 rings (SSSR count). The van der Waals surface area contributed by atoms with Crippen LogP contribution in [0, 0.1) is 0 Å². The second-order valence-electron chi connectivity index (χ2n) is 3.03. The molecular formula is C9H10ClN3O2. The summed E-state index contributed by atoms with van der Waals surface area (Å²) in [6, 6.07) is 1.41. The van der Waals surface area contributed by atoms with E-state index in [2.05, 4.69) is 15.5 Å². The molecule has 0 bridgehead atoms. The van der Waals surface area contributed by atoms with Crippen LogP contribution in [0.3, 0.4) is 0 Å². The molecule has 0 unspecified atom stereocenters. The van der Waals surface area contributed by atoms with Crippen molar-refractivity contribution in [3.05, 3.63) is 23.0 Å². The van der Waals surface area contributed by atoms with Gasteiger partial charge in [0.25, 0.3) is 0 Å². The number of aromatic carboxylic acids is 1. The zero-order valence-electron chi connectivity index (χ0n) is 8.28. The van der Waals surface area contributed by atoms with Crippen molar-refractivity contribution < 1.29 is 9.90 Å². The molecule has 0 aliphatic carbocycles. The molecule has 6 heteroatoms. The Kier molecular flexibility index (Phi) is 3.62. The summed E-state index contributed by atoms with van der Waals surface area (Å²) >= 11 is 5.64. The Morgan fingerprint density at radius 2 is 2.27 bits per heavy atom. The minimum atomic E-state index is -1.08. The summed E-state index contributed by atoms with van der Waals surface area (Å²) in [5.41, 5.74) is 3.75. The molecule has 0 amide bonds. The van der Waals surface area contributed by atoms with Crippen molar-refractivity contribution in [3.63, 3.8) is 0 Å². The van der Waals surface area contributed by atoms with E-state index in [1.54, 1.807) is 13.8 Å². The van der Waals surface area contributed by atoms with Gasteiger partial charge in [0.05, 0.1) is 5.69 Å². The van der Waals surface area contributed by atoms with Gasteiger partial charge in [-0.25, -0.2) is 9.78 Å². The molecule has 15 heavy (non-hydrogen) atoms. The molecular weight excluding hydrogens is 218 g/mol. The van der Waals surface area contributed by atoms with Crippen molar-refractivity contribution in [2.45, 2.75) is 13.8 Å². The maximum Gasteiger partial charge on any atom is 0.339 e. The monoisotopic (exact) mass is 227 g/mol. The van der Waals surface area contributed by atoms with Crippen molar-refractivity contribution in [2.24, 2.45) is 5.10 Å². The number of halogens is 1. The molecule has 0 aliphatic heterocycles. The number of hydrazone groups is 1. The molecule has 0 fully saturated rings. The van der Waals surface area contributed by atoms with E-state index in [1.165, 1.54) is 12.3 Å². The zero-order chi connectivity index (χ0) is 11.4. The molecule has 2 N–H and O–H groups in total. The number of pyridine rings is 1.